The van der Waals surface area contributed by atoms with Crippen molar-refractivity contribution >= 4 is 17.3 Å². The van der Waals surface area contributed by atoms with Crippen molar-refractivity contribution in [1.29, 1.82) is 0 Å². The first-order valence-corrected chi connectivity index (χ1v) is 9.13. The van der Waals surface area contributed by atoms with Gasteiger partial charge < -0.3 is 19.5 Å². The number of hydrogen-bond acceptors (Lipinski definition) is 3. The Labute approximate surface area is 155 Å². The van der Waals surface area contributed by atoms with Gasteiger partial charge in [0.2, 0.25) is 0 Å². The number of nitrogens with zero attached hydrogens (tertiary/aromatic N) is 3. The molecule has 0 unspecified atom stereocenters. The first-order chi connectivity index (χ1) is 12.1. The molecule has 6 heteroatoms. The minimum absolute atomic E-state index is 0.0383. The zero-order chi connectivity index (χ0) is 18.0. The largest absolute Gasteiger partial charge is 0.383 e. The Balaban J connectivity index is 2.06. The van der Waals surface area contributed by atoms with Crippen LogP contribution in [0.5, 0.6) is 0 Å². The Morgan fingerprint density at radius 1 is 1.32 bits per heavy atom. The van der Waals surface area contributed by atoms with Crippen LogP contribution in [0, 0.1) is 13.8 Å². The molecule has 1 N–H and O–H groups in total. The fourth-order valence-electron chi connectivity index (χ4n) is 3.79. The van der Waals surface area contributed by atoms with Gasteiger partial charge in [0.1, 0.15) is 0 Å². The van der Waals surface area contributed by atoms with Gasteiger partial charge in [0, 0.05) is 37.8 Å². The Morgan fingerprint density at radius 2 is 2.12 bits per heavy atom. The number of pyridine rings is 1. The third-order valence-corrected chi connectivity index (χ3v) is 5.33. The molecule has 0 aromatic carbocycles. The lowest BCUT2D eigenvalue weighted by atomic mass is 9.97. The molecule has 0 amide bonds. The molecule has 3 rings (SSSR count). The number of aromatic nitrogens is 2. The lowest BCUT2D eigenvalue weighted by Gasteiger charge is -2.28. The van der Waals surface area contributed by atoms with E-state index in [0.717, 1.165) is 23.9 Å². The van der Waals surface area contributed by atoms with Crippen LogP contribution in [0.2, 0.25) is 0 Å². The maximum absolute atomic E-state index is 5.64. The lowest BCUT2D eigenvalue weighted by Crippen LogP contribution is -2.32. The summed E-state index contributed by atoms with van der Waals surface area (Å²) in [7, 11) is 1.72. The highest BCUT2D eigenvalue weighted by molar-refractivity contribution is 7.80. The van der Waals surface area contributed by atoms with Crippen molar-refractivity contribution in [2.75, 3.05) is 20.3 Å². The van der Waals surface area contributed by atoms with Gasteiger partial charge in [0.25, 0.3) is 0 Å². The Kier molecular flexibility index (Phi) is 5.39. The van der Waals surface area contributed by atoms with E-state index in [2.05, 4.69) is 52.7 Å². The van der Waals surface area contributed by atoms with Gasteiger partial charge in [-0.1, -0.05) is 6.07 Å². The molecule has 1 aliphatic rings. The van der Waals surface area contributed by atoms with E-state index in [0.29, 0.717) is 6.61 Å². The molecule has 25 heavy (non-hydrogen) atoms. The molecular formula is C19H26N4OS. The molecule has 0 aliphatic carbocycles. The lowest BCUT2D eigenvalue weighted by molar-refractivity contribution is 0.164. The maximum Gasteiger partial charge on any atom is 0.170 e. The molecule has 2 aromatic rings. The number of thiocarbonyl (C=S) groups is 1. The molecule has 1 fully saturated rings. The van der Waals surface area contributed by atoms with Gasteiger partial charge in [-0.3, -0.25) is 4.98 Å². The van der Waals surface area contributed by atoms with E-state index in [1.807, 2.05) is 18.3 Å². The van der Waals surface area contributed by atoms with E-state index >= 15 is 0 Å². The number of hydrogen-bond donors (Lipinski definition) is 1. The van der Waals surface area contributed by atoms with Crippen molar-refractivity contribution in [3.8, 4) is 0 Å². The van der Waals surface area contributed by atoms with Crippen molar-refractivity contribution in [1.82, 2.24) is 19.8 Å². The van der Waals surface area contributed by atoms with E-state index in [4.69, 9.17) is 17.0 Å². The molecular weight excluding hydrogens is 332 g/mol. The van der Waals surface area contributed by atoms with Gasteiger partial charge in [-0.25, -0.2) is 0 Å². The molecule has 5 nitrogen and oxygen atoms in total. The van der Waals surface area contributed by atoms with Crippen LogP contribution in [0.15, 0.2) is 30.5 Å². The quantitative estimate of drug-likeness (QED) is 0.804. The Morgan fingerprint density at radius 3 is 2.72 bits per heavy atom. The van der Waals surface area contributed by atoms with Crippen molar-refractivity contribution in [2.24, 2.45) is 0 Å². The molecule has 2 aromatic heterocycles. The second-order valence-electron chi connectivity index (χ2n) is 6.38. The van der Waals surface area contributed by atoms with Crippen molar-refractivity contribution in [2.45, 2.75) is 39.4 Å². The van der Waals surface area contributed by atoms with Gasteiger partial charge in [-0.05, 0) is 56.8 Å². The zero-order valence-electron chi connectivity index (χ0n) is 15.3. The van der Waals surface area contributed by atoms with Crippen LogP contribution in [0.3, 0.4) is 0 Å². The highest BCUT2D eigenvalue weighted by atomic mass is 32.1. The molecule has 0 saturated carbocycles. The van der Waals surface area contributed by atoms with Crippen LogP contribution < -0.4 is 5.32 Å². The summed E-state index contributed by atoms with van der Waals surface area (Å²) in [6.07, 6.45) is 1.84. The predicted molar refractivity (Wildman–Crippen MR) is 104 cm³/mol. The summed E-state index contributed by atoms with van der Waals surface area (Å²) < 4.78 is 7.66. The van der Waals surface area contributed by atoms with Crippen LogP contribution in [-0.4, -0.2) is 39.8 Å². The average Bonchev–Trinajstić information content (AvgIpc) is 3.09. The van der Waals surface area contributed by atoms with Crippen LogP contribution in [0.4, 0.5) is 0 Å². The first-order valence-electron chi connectivity index (χ1n) is 8.72. The van der Waals surface area contributed by atoms with Gasteiger partial charge in [0.15, 0.2) is 5.11 Å². The van der Waals surface area contributed by atoms with Crippen LogP contribution in [0.25, 0.3) is 0 Å². The van der Waals surface area contributed by atoms with E-state index in [9.17, 15) is 0 Å². The van der Waals surface area contributed by atoms with Crippen molar-refractivity contribution < 1.29 is 4.74 Å². The van der Waals surface area contributed by atoms with Crippen LogP contribution in [0.1, 0.15) is 41.7 Å². The summed E-state index contributed by atoms with van der Waals surface area (Å²) in [4.78, 5) is 6.81. The Hall–Kier alpha value is -1.92. The molecule has 0 spiro atoms. The number of nitrogens with one attached hydrogen (secondary N) is 1. The third-order valence-electron chi connectivity index (χ3n) is 4.98. The minimum Gasteiger partial charge on any atom is -0.383 e. The number of ether oxygens (including phenoxy) is 1. The summed E-state index contributed by atoms with van der Waals surface area (Å²) in [6, 6.07) is 8.47. The normalized spacial score (nSPS) is 20.2. The molecule has 1 aliphatic heterocycles. The molecule has 0 bridgehead atoms. The van der Waals surface area contributed by atoms with Crippen molar-refractivity contribution in [3.05, 3.63) is 53.1 Å². The fourth-order valence-corrected chi connectivity index (χ4v) is 4.12. The summed E-state index contributed by atoms with van der Waals surface area (Å²) in [5.74, 6) is 0. The van der Waals surface area contributed by atoms with E-state index < -0.39 is 0 Å². The number of methoxy groups -OCH3 is 1. The monoisotopic (exact) mass is 358 g/mol. The van der Waals surface area contributed by atoms with Crippen LogP contribution >= 0.6 is 12.2 Å². The minimum atomic E-state index is 0.0383. The average molecular weight is 359 g/mol. The van der Waals surface area contributed by atoms with Gasteiger partial charge in [0.05, 0.1) is 24.4 Å². The molecule has 134 valence electrons. The van der Waals surface area contributed by atoms with Crippen molar-refractivity contribution in [3.63, 3.8) is 0 Å². The predicted octanol–water partition coefficient (Wildman–Crippen LogP) is 3.14. The third kappa shape index (κ3) is 3.28. The fraction of sp³-hybridized carbons (Fsp3) is 0.474. The number of aryl methyl sites for hydroxylation is 1. The van der Waals surface area contributed by atoms with E-state index in [1.165, 1.54) is 17.0 Å². The summed E-state index contributed by atoms with van der Waals surface area (Å²) in [5, 5.41) is 4.24. The molecule has 3 heterocycles. The smallest absolute Gasteiger partial charge is 0.170 e. The topological polar surface area (TPSA) is 42.3 Å². The Bertz CT molecular complexity index is 743. The molecule has 1 saturated heterocycles. The summed E-state index contributed by atoms with van der Waals surface area (Å²) in [5.41, 5.74) is 4.88. The summed E-state index contributed by atoms with van der Waals surface area (Å²) >= 11 is 5.64. The standard InChI is InChI=1S/C19H26N4OS/c1-5-22-13(2)12-15(14(22)3)18-17(16-8-6-7-9-20-16)21-19(25)23(18)10-11-24-4/h6-9,12,17-18H,5,10-11H2,1-4H3,(H,21,25)/t17-,18-/m1/s1. The zero-order valence-corrected chi connectivity index (χ0v) is 16.1. The first kappa shape index (κ1) is 17.9. The SMILES string of the molecule is CCn1c(C)cc([C@@H]2[C@@H](c3ccccn3)NC(=S)N2CCOC)c1C. The molecule has 0 radical (unpaired) electrons. The van der Waals surface area contributed by atoms with Gasteiger partial charge in [-0.15, -0.1) is 0 Å². The second kappa shape index (κ2) is 7.54. The summed E-state index contributed by atoms with van der Waals surface area (Å²) in [6.45, 7) is 8.90. The second-order valence-corrected chi connectivity index (χ2v) is 6.77. The van der Waals surface area contributed by atoms with Crippen LogP contribution in [-0.2, 0) is 11.3 Å². The maximum atomic E-state index is 5.64. The highest BCUT2D eigenvalue weighted by Gasteiger charge is 2.40. The number of rotatable bonds is 6. The highest BCUT2D eigenvalue weighted by Crippen LogP contribution is 2.40. The van der Waals surface area contributed by atoms with Gasteiger partial charge in [-0.2, -0.15) is 0 Å². The van der Waals surface area contributed by atoms with Gasteiger partial charge >= 0.3 is 0 Å². The molecule has 2 atom stereocenters. The van der Waals surface area contributed by atoms with E-state index in [-0.39, 0.29) is 12.1 Å². The van der Waals surface area contributed by atoms with E-state index in [1.54, 1.807) is 7.11 Å².